The zero-order chi connectivity index (χ0) is 21.9. The van der Waals surface area contributed by atoms with E-state index in [9.17, 15) is 4.79 Å². The zero-order valence-electron chi connectivity index (χ0n) is 18.8. The minimum Gasteiger partial charge on any atom is -0.458 e. The first kappa shape index (κ1) is 21.8. The van der Waals surface area contributed by atoms with Crippen molar-refractivity contribution in [2.45, 2.75) is 51.4 Å². The molecule has 0 saturated carbocycles. The highest BCUT2D eigenvalue weighted by molar-refractivity contribution is 5.90. The lowest BCUT2D eigenvalue weighted by atomic mass is 9.63. The van der Waals surface area contributed by atoms with Gasteiger partial charge in [-0.1, -0.05) is 46.4 Å². The van der Waals surface area contributed by atoms with Crippen LogP contribution in [0.4, 0.5) is 11.4 Å². The minimum absolute atomic E-state index is 0.144. The summed E-state index contributed by atoms with van der Waals surface area (Å²) in [6, 6.07) is 14.2. The van der Waals surface area contributed by atoms with Gasteiger partial charge >= 0.3 is 5.97 Å². The number of nitrogens with one attached hydrogen (secondary N) is 1. The summed E-state index contributed by atoms with van der Waals surface area (Å²) < 4.78 is 7.23. The molecule has 158 valence electrons. The van der Waals surface area contributed by atoms with Crippen molar-refractivity contribution in [3.05, 3.63) is 71.8 Å². The SMILES string of the molecule is C=CCOC(=O)c1ccc([N+](=CNC)c2ccc3c(c2)C(C)(C)CCC3(C)C)cc1. The van der Waals surface area contributed by atoms with Crippen molar-refractivity contribution in [1.82, 2.24) is 9.89 Å². The first-order valence-corrected chi connectivity index (χ1v) is 10.5. The number of fused-ring (bicyclic) bond motifs is 1. The third kappa shape index (κ3) is 4.33. The molecule has 0 unspecified atom stereocenters. The highest BCUT2D eigenvalue weighted by atomic mass is 16.5. The van der Waals surface area contributed by atoms with E-state index >= 15 is 0 Å². The second-order valence-corrected chi connectivity index (χ2v) is 9.22. The molecule has 0 heterocycles. The van der Waals surface area contributed by atoms with Crippen LogP contribution >= 0.6 is 0 Å². The van der Waals surface area contributed by atoms with Crippen LogP contribution in [0.5, 0.6) is 0 Å². The lowest BCUT2D eigenvalue weighted by molar-refractivity contribution is 0.0550. The molecule has 3 rings (SSSR count). The maximum absolute atomic E-state index is 12.1. The number of hydrogen-bond acceptors (Lipinski definition) is 2. The van der Waals surface area contributed by atoms with Gasteiger partial charge in [0.15, 0.2) is 0 Å². The van der Waals surface area contributed by atoms with E-state index < -0.39 is 0 Å². The molecule has 0 saturated heterocycles. The van der Waals surface area contributed by atoms with Crippen LogP contribution in [0.1, 0.15) is 62.0 Å². The van der Waals surface area contributed by atoms with E-state index in [1.54, 1.807) is 18.2 Å². The lowest BCUT2D eigenvalue weighted by Crippen LogP contribution is -2.34. The Labute approximate surface area is 180 Å². The second kappa shape index (κ2) is 8.47. The van der Waals surface area contributed by atoms with Gasteiger partial charge in [-0.2, -0.15) is 4.58 Å². The van der Waals surface area contributed by atoms with Crippen LogP contribution in [-0.4, -0.2) is 26.0 Å². The monoisotopic (exact) mass is 405 g/mol. The summed E-state index contributed by atoms with van der Waals surface area (Å²) in [5.41, 5.74) is 5.77. The molecule has 0 atom stereocenters. The number of ether oxygens (including phenoxy) is 1. The lowest BCUT2D eigenvalue weighted by Gasteiger charge is -2.41. The van der Waals surface area contributed by atoms with Crippen molar-refractivity contribution in [2.75, 3.05) is 13.7 Å². The number of carbonyl (C=O) groups is 1. The van der Waals surface area contributed by atoms with E-state index in [-0.39, 0.29) is 23.4 Å². The first-order chi connectivity index (χ1) is 14.2. The predicted molar refractivity (Wildman–Crippen MR) is 125 cm³/mol. The molecule has 30 heavy (non-hydrogen) atoms. The van der Waals surface area contributed by atoms with E-state index in [1.165, 1.54) is 24.0 Å². The molecule has 1 aliphatic carbocycles. The highest BCUT2D eigenvalue weighted by Crippen LogP contribution is 2.46. The third-order valence-electron chi connectivity index (χ3n) is 6.09. The van der Waals surface area contributed by atoms with Crippen molar-refractivity contribution in [3.63, 3.8) is 0 Å². The molecule has 4 nitrogen and oxygen atoms in total. The van der Waals surface area contributed by atoms with Crippen molar-refractivity contribution in [1.29, 1.82) is 0 Å². The average Bonchev–Trinajstić information content (AvgIpc) is 2.73. The molecule has 2 aromatic carbocycles. The summed E-state index contributed by atoms with van der Waals surface area (Å²) in [7, 11) is 1.89. The van der Waals surface area contributed by atoms with Crippen molar-refractivity contribution in [3.8, 4) is 0 Å². The van der Waals surface area contributed by atoms with E-state index in [4.69, 9.17) is 4.74 Å². The Bertz CT molecular complexity index is 969. The number of carbonyl (C=O) groups excluding carboxylic acids is 1. The third-order valence-corrected chi connectivity index (χ3v) is 6.09. The van der Waals surface area contributed by atoms with Crippen LogP contribution in [0.25, 0.3) is 0 Å². The van der Waals surface area contributed by atoms with Crippen molar-refractivity contribution in [2.24, 2.45) is 0 Å². The summed E-state index contributed by atoms with van der Waals surface area (Å²) in [6.45, 7) is 13.1. The number of hydrogen-bond donors (Lipinski definition) is 1. The topological polar surface area (TPSA) is 41.3 Å². The molecule has 0 amide bonds. The summed E-state index contributed by atoms with van der Waals surface area (Å²) in [5.74, 6) is -0.344. The van der Waals surface area contributed by atoms with Crippen LogP contribution < -0.4 is 9.89 Å². The summed E-state index contributed by atoms with van der Waals surface area (Å²) in [5, 5.41) is 3.15. The van der Waals surface area contributed by atoms with Gasteiger partial charge in [-0.05, 0) is 71.2 Å². The number of rotatable bonds is 6. The quantitative estimate of drug-likeness (QED) is 0.228. The van der Waals surface area contributed by atoms with Gasteiger partial charge in [0.1, 0.15) is 18.0 Å². The molecule has 2 aromatic rings. The Morgan fingerprint density at radius 2 is 1.63 bits per heavy atom. The molecule has 0 radical (unpaired) electrons. The number of nitrogens with zero attached hydrogens (tertiary/aromatic N) is 1. The van der Waals surface area contributed by atoms with E-state index in [1.807, 2.05) is 25.5 Å². The molecular formula is C26H33N2O2+. The number of esters is 1. The maximum Gasteiger partial charge on any atom is 0.338 e. The maximum atomic E-state index is 12.1. The first-order valence-electron chi connectivity index (χ1n) is 10.5. The van der Waals surface area contributed by atoms with Gasteiger partial charge in [0.05, 0.1) is 12.6 Å². The fourth-order valence-electron chi connectivity index (χ4n) is 4.13. The van der Waals surface area contributed by atoms with Gasteiger partial charge in [0, 0.05) is 0 Å². The minimum atomic E-state index is -0.344. The highest BCUT2D eigenvalue weighted by Gasteiger charge is 2.37. The Morgan fingerprint density at radius 1 is 1.03 bits per heavy atom. The normalized spacial score (nSPS) is 17.0. The van der Waals surface area contributed by atoms with Gasteiger partial charge in [-0.15, -0.1) is 0 Å². The van der Waals surface area contributed by atoms with Gasteiger partial charge in [-0.25, -0.2) is 4.79 Å². The largest absolute Gasteiger partial charge is 0.458 e. The van der Waals surface area contributed by atoms with E-state index in [2.05, 4.69) is 62.4 Å². The van der Waals surface area contributed by atoms with Crippen molar-refractivity contribution < 1.29 is 9.53 Å². The Hall–Kier alpha value is -2.88. The van der Waals surface area contributed by atoms with Gasteiger partial charge in [-0.3, -0.25) is 5.32 Å². The van der Waals surface area contributed by atoms with Crippen LogP contribution in [0.3, 0.4) is 0 Å². The van der Waals surface area contributed by atoms with Crippen LogP contribution in [0, 0.1) is 0 Å². The van der Waals surface area contributed by atoms with E-state index in [0.717, 1.165) is 11.4 Å². The fraction of sp³-hybridized carbons (Fsp3) is 0.385. The van der Waals surface area contributed by atoms with Gasteiger partial charge < -0.3 is 4.74 Å². The molecule has 0 bridgehead atoms. The molecule has 0 fully saturated rings. The van der Waals surface area contributed by atoms with E-state index in [0.29, 0.717) is 5.56 Å². The summed E-state index contributed by atoms with van der Waals surface area (Å²) in [4.78, 5) is 12.1. The molecular weight excluding hydrogens is 372 g/mol. The van der Waals surface area contributed by atoms with Gasteiger partial charge in [0.2, 0.25) is 6.34 Å². The molecule has 0 spiro atoms. The molecule has 0 aliphatic heterocycles. The standard InChI is InChI=1S/C26H32N2O2/c1-7-16-30-24(29)19-8-10-20(11-9-19)28(18-27-6)21-12-13-22-23(17-21)26(4,5)15-14-25(22,2)3/h7-13,17-18H,1,14-16H2,2-6H3/p+1. The van der Waals surface area contributed by atoms with Crippen LogP contribution in [-0.2, 0) is 15.6 Å². The van der Waals surface area contributed by atoms with Gasteiger partial charge in [0.25, 0.3) is 0 Å². The van der Waals surface area contributed by atoms with Crippen LogP contribution in [0.2, 0.25) is 0 Å². The molecule has 0 aromatic heterocycles. The Kier molecular flexibility index (Phi) is 6.16. The fourth-order valence-corrected chi connectivity index (χ4v) is 4.13. The van der Waals surface area contributed by atoms with Crippen LogP contribution in [0.15, 0.2) is 55.1 Å². The molecule has 4 heteroatoms. The number of benzene rings is 2. The molecule has 1 aliphatic rings. The zero-order valence-corrected chi connectivity index (χ0v) is 18.8. The Balaban J connectivity index is 1.99. The smallest absolute Gasteiger partial charge is 0.338 e. The summed E-state index contributed by atoms with van der Waals surface area (Å²) in [6.07, 6.45) is 5.87. The molecule has 1 N–H and O–H groups in total. The summed E-state index contributed by atoms with van der Waals surface area (Å²) >= 11 is 0. The predicted octanol–water partition coefficient (Wildman–Crippen LogP) is 5.46. The Morgan fingerprint density at radius 3 is 2.23 bits per heavy atom. The average molecular weight is 406 g/mol. The van der Waals surface area contributed by atoms with Crippen molar-refractivity contribution >= 4 is 23.7 Å². The second-order valence-electron chi connectivity index (χ2n) is 9.22.